The second-order valence-corrected chi connectivity index (χ2v) is 15.2. The van der Waals surface area contributed by atoms with Crippen LogP contribution in [-0.4, -0.2) is 0 Å². The Morgan fingerprint density at radius 2 is 0.864 bits per heavy atom. The largest absolute Gasteiger partial charge is 0.456 e. The molecule has 3 heteroatoms. The van der Waals surface area contributed by atoms with E-state index in [1.807, 2.05) is 12.1 Å². The topological polar surface area (TPSA) is 29.5 Å². The highest BCUT2D eigenvalue weighted by molar-refractivity contribution is 6.18. The van der Waals surface area contributed by atoms with Crippen molar-refractivity contribution in [2.24, 2.45) is 0 Å². The fourth-order valence-electron chi connectivity index (χ4n) is 9.13. The maximum Gasteiger partial charge on any atom is 0.137 e. The lowest BCUT2D eigenvalue weighted by Crippen LogP contribution is -2.11. The van der Waals surface area contributed by atoms with Gasteiger partial charge >= 0.3 is 0 Å². The van der Waals surface area contributed by atoms with Gasteiger partial charge in [-0.1, -0.05) is 152 Å². The van der Waals surface area contributed by atoms with Gasteiger partial charge in [0.25, 0.3) is 0 Å². The summed E-state index contributed by atoms with van der Waals surface area (Å²) in [5, 5.41) is 9.21. The van der Waals surface area contributed by atoms with E-state index in [0.29, 0.717) is 0 Å². The highest BCUT2D eigenvalue weighted by Gasteiger charge is 2.24. The molecule has 0 aliphatic carbocycles. The van der Waals surface area contributed by atoms with E-state index in [9.17, 15) is 0 Å². The minimum Gasteiger partial charge on any atom is -0.456 e. The first-order valence-electron chi connectivity index (χ1n) is 20.1. The average Bonchev–Trinajstić information content (AvgIpc) is 3.87. The van der Waals surface area contributed by atoms with Gasteiger partial charge in [-0.25, -0.2) is 0 Å². The van der Waals surface area contributed by atoms with Gasteiger partial charge in [-0.3, -0.25) is 0 Å². The number of fused-ring (bicyclic) bond motifs is 8. The Morgan fingerprint density at radius 3 is 1.75 bits per heavy atom. The van der Waals surface area contributed by atoms with E-state index in [-0.39, 0.29) is 0 Å². The van der Waals surface area contributed by atoms with Gasteiger partial charge in [0, 0.05) is 27.4 Å². The van der Waals surface area contributed by atoms with Crippen LogP contribution < -0.4 is 4.90 Å². The van der Waals surface area contributed by atoms with Crippen LogP contribution in [0.2, 0.25) is 0 Å². The van der Waals surface area contributed by atoms with Gasteiger partial charge in [-0.05, 0) is 110 Å². The molecule has 0 atom stereocenters. The van der Waals surface area contributed by atoms with Crippen LogP contribution in [0.15, 0.2) is 221 Å². The number of furan rings is 2. The zero-order valence-electron chi connectivity index (χ0n) is 32.0. The second kappa shape index (κ2) is 13.4. The summed E-state index contributed by atoms with van der Waals surface area (Å²) < 4.78 is 13.0. The molecule has 3 nitrogen and oxygen atoms in total. The quantitative estimate of drug-likeness (QED) is 0.169. The van der Waals surface area contributed by atoms with Crippen LogP contribution in [-0.2, 0) is 0 Å². The number of hydrogen-bond donors (Lipinski definition) is 0. The summed E-state index contributed by atoms with van der Waals surface area (Å²) in [7, 11) is 0. The normalized spacial score (nSPS) is 11.7. The fraction of sp³-hybridized carbons (Fsp3) is 0. The Morgan fingerprint density at radius 1 is 0.288 bits per heavy atom. The van der Waals surface area contributed by atoms with Gasteiger partial charge in [-0.2, -0.15) is 0 Å². The minimum absolute atomic E-state index is 0.850. The maximum atomic E-state index is 6.57. The molecule has 12 rings (SSSR count). The van der Waals surface area contributed by atoms with Gasteiger partial charge in [0.15, 0.2) is 0 Å². The third kappa shape index (κ3) is 5.44. The number of rotatable bonds is 6. The van der Waals surface area contributed by atoms with Crippen molar-refractivity contribution in [3.8, 4) is 33.4 Å². The fourth-order valence-corrected chi connectivity index (χ4v) is 9.13. The molecule has 276 valence electrons. The maximum absolute atomic E-state index is 6.57. The Hall–Kier alpha value is -7.88. The Bertz CT molecular complexity index is 3570. The molecule has 0 bridgehead atoms. The van der Waals surface area contributed by atoms with E-state index in [2.05, 4.69) is 205 Å². The van der Waals surface area contributed by atoms with Crippen LogP contribution >= 0.6 is 0 Å². The van der Waals surface area contributed by atoms with Crippen LogP contribution in [0.25, 0.3) is 98.8 Å². The average molecular weight is 754 g/mol. The first-order valence-corrected chi connectivity index (χ1v) is 20.1. The molecule has 10 aromatic carbocycles. The third-order valence-electron chi connectivity index (χ3n) is 11.8. The van der Waals surface area contributed by atoms with Gasteiger partial charge in [0.2, 0.25) is 0 Å². The van der Waals surface area contributed by atoms with Crippen LogP contribution in [0.1, 0.15) is 0 Å². The van der Waals surface area contributed by atoms with E-state index < -0.39 is 0 Å². The lowest BCUT2D eigenvalue weighted by Gasteiger charge is -2.29. The van der Waals surface area contributed by atoms with Crippen molar-refractivity contribution in [3.63, 3.8) is 0 Å². The van der Waals surface area contributed by atoms with Crippen molar-refractivity contribution in [1.82, 2.24) is 0 Å². The number of nitrogens with zero attached hydrogens (tertiary/aromatic N) is 1. The standard InChI is InChI=1S/C56H35NO2/c1-2-15-40-35-54-48(34-39(40)14-1)55-46(23-11-27-52(55)59-54)45-20-5-7-24-49(45)57(50-25-12-28-53-56(50)47-21-6-8-26-51(47)58-53)42-31-29-36(30-32-42)38-17-9-18-41(33-38)44-22-10-16-37-13-3-4-19-43(37)44/h1-35H. The molecular weight excluding hydrogens is 719 g/mol. The molecule has 59 heavy (non-hydrogen) atoms. The lowest BCUT2D eigenvalue weighted by molar-refractivity contribution is 0.669. The molecule has 0 aliphatic heterocycles. The SMILES string of the molecule is c1cc(-c2ccc(N(c3ccccc3-c3cccc4oc5cc6ccccc6cc5c34)c3cccc4oc5ccccc5c34)cc2)cc(-c2cccc3ccccc23)c1. The molecule has 0 unspecified atom stereocenters. The molecule has 0 spiro atoms. The summed E-state index contributed by atoms with van der Waals surface area (Å²) in [6, 6.07) is 75.8. The highest BCUT2D eigenvalue weighted by atomic mass is 16.3. The van der Waals surface area contributed by atoms with Crippen molar-refractivity contribution in [2.75, 3.05) is 4.90 Å². The molecule has 2 aromatic heterocycles. The van der Waals surface area contributed by atoms with Crippen LogP contribution in [0.4, 0.5) is 17.1 Å². The van der Waals surface area contributed by atoms with E-state index >= 15 is 0 Å². The van der Waals surface area contributed by atoms with Crippen LogP contribution in [0, 0.1) is 0 Å². The Balaban J connectivity index is 1.05. The third-order valence-corrected chi connectivity index (χ3v) is 11.8. The summed E-state index contributed by atoms with van der Waals surface area (Å²) in [5.74, 6) is 0. The molecule has 0 N–H and O–H groups in total. The van der Waals surface area contributed by atoms with Gasteiger partial charge in [0.05, 0.1) is 16.8 Å². The smallest absolute Gasteiger partial charge is 0.137 e. The summed E-state index contributed by atoms with van der Waals surface area (Å²) in [5.41, 5.74) is 13.6. The van der Waals surface area contributed by atoms with Gasteiger partial charge < -0.3 is 13.7 Å². The number of anilines is 3. The van der Waals surface area contributed by atoms with Crippen molar-refractivity contribution in [2.45, 2.75) is 0 Å². The Kier molecular flexibility index (Phi) is 7.54. The summed E-state index contributed by atoms with van der Waals surface area (Å²) in [6.45, 7) is 0. The Labute approximate surface area is 340 Å². The first-order chi connectivity index (χ1) is 29.2. The van der Waals surface area contributed by atoms with Gasteiger partial charge in [0.1, 0.15) is 22.3 Å². The summed E-state index contributed by atoms with van der Waals surface area (Å²) >= 11 is 0. The van der Waals surface area contributed by atoms with Crippen molar-refractivity contribution >= 4 is 82.5 Å². The number of hydrogen-bond acceptors (Lipinski definition) is 3. The van der Waals surface area contributed by atoms with E-state index in [0.717, 1.165) is 83.0 Å². The van der Waals surface area contributed by atoms with Crippen LogP contribution in [0.3, 0.4) is 0 Å². The zero-order valence-corrected chi connectivity index (χ0v) is 32.0. The van der Waals surface area contributed by atoms with E-state index in [1.54, 1.807) is 0 Å². The predicted molar refractivity (Wildman–Crippen MR) is 247 cm³/mol. The molecule has 0 aliphatic rings. The molecular formula is C56H35NO2. The molecule has 0 saturated heterocycles. The lowest BCUT2D eigenvalue weighted by atomic mass is 9.95. The monoisotopic (exact) mass is 753 g/mol. The molecule has 2 heterocycles. The second-order valence-electron chi connectivity index (χ2n) is 15.2. The molecule has 0 saturated carbocycles. The minimum atomic E-state index is 0.850. The molecule has 12 aromatic rings. The summed E-state index contributed by atoms with van der Waals surface area (Å²) in [6.07, 6.45) is 0. The zero-order chi connectivity index (χ0) is 38.9. The van der Waals surface area contributed by atoms with Crippen molar-refractivity contribution in [1.29, 1.82) is 0 Å². The van der Waals surface area contributed by atoms with E-state index in [4.69, 9.17) is 8.83 Å². The molecule has 0 amide bonds. The summed E-state index contributed by atoms with van der Waals surface area (Å²) in [4.78, 5) is 2.40. The first kappa shape index (κ1) is 33.3. The van der Waals surface area contributed by atoms with Crippen molar-refractivity contribution < 1.29 is 8.83 Å². The highest BCUT2D eigenvalue weighted by Crippen LogP contribution is 2.48. The number of benzene rings is 10. The molecule has 0 fully saturated rings. The number of para-hydroxylation sites is 2. The van der Waals surface area contributed by atoms with Crippen molar-refractivity contribution in [3.05, 3.63) is 212 Å². The predicted octanol–water partition coefficient (Wildman–Crippen LogP) is 16.3. The van der Waals surface area contributed by atoms with E-state index in [1.165, 1.54) is 32.8 Å². The van der Waals surface area contributed by atoms with Gasteiger partial charge in [-0.15, -0.1) is 0 Å². The molecule has 0 radical (unpaired) electrons. The van der Waals surface area contributed by atoms with Crippen LogP contribution in [0.5, 0.6) is 0 Å².